The Labute approximate surface area is 139 Å². The Hall–Kier alpha value is -2.60. The van der Waals surface area contributed by atoms with Crippen molar-refractivity contribution >= 4 is 5.97 Å². The maximum Gasteiger partial charge on any atom is 0.345 e. The van der Waals surface area contributed by atoms with Crippen molar-refractivity contribution in [2.45, 2.75) is 32.1 Å². The Morgan fingerprint density at radius 1 is 1.21 bits per heavy atom. The predicted octanol–water partition coefficient (Wildman–Crippen LogP) is 1.69. The zero-order valence-corrected chi connectivity index (χ0v) is 13.6. The Balaban J connectivity index is 1.73. The number of para-hydroxylation sites is 1. The van der Waals surface area contributed by atoms with Gasteiger partial charge in [0.05, 0.1) is 6.54 Å². The van der Waals surface area contributed by atoms with E-state index < -0.39 is 23.2 Å². The van der Waals surface area contributed by atoms with E-state index in [2.05, 4.69) is 0 Å². The van der Waals surface area contributed by atoms with Gasteiger partial charge in [-0.25, -0.2) is 4.79 Å². The quantitative estimate of drug-likeness (QED) is 0.845. The summed E-state index contributed by atoms with van der Waals surface area (Å²) in [7, 11) is 0. The highest BCUT2D eigenvalue weighted by Crippen LogP contribution is 2.33. The van der Waals surface area contributed by atoms with Crippen LogP contribution in [-0.4, -0.2) is 28.4 Å². The van der Waals surface area contributed by atoms with Crippen LogP contribution in [0.1, 0.15) is 29.8 Å². The van der Waals surface area contributed by atoms with Gasteiger partial charge in [-0.05, 0) is 32.0 Å². The Morgan fingerprint density at radius 2 is 1.92 bits per heavy atom. The van der Waals surface area contributed by atoms with Gasteiger partial charge in [-0.1, -0.05) is 18.2 Å². The number of hydrogen-bond acceptors (Lipinski definition) is 5. The largest absolute Gasteiger partial charge is 0.491 e. The van der Waals surface area contributed by atoms with Crippen molar-refractivity contribution in [1.82, 2.24) is 4.57 Å². The van der Waals surface area contributed by atoms with Crippen molar-refractivity contribution in [2.24, 2.45) is 0 Å². The minimum absolute atomic E-state index is 0.0344. The molecule has 6 heteroatoms. The fourth-order valence-corrected chi connectivity index (χ4v) is 2.74. The van der Waals surface area contributed by atoms with Crippen molar-refractivity contribution in [2.75, 3.05) is 6.61 Å². The lowest BCUT2D eigenvalue weighted by Gasteiger charge is -2.18. The topological polar surface area (TPSA) is 77.8 Å². The van der Waals surface area contributed by atoms with E-state index in [0.717, 1.165) is 0 Å². The normalized spacial score (nSPS) is 16.4. The molecule has 24 heavy (non-hydrogen) atoms. The molecule has 1 atom stereocenters. The lowest BCUT2D eigenvalue weighted by atomic mass is 9.97. The number of ether oxygens (including phenoxy) is 2. The third-order valence-corrected chi connectivity index (χ3v) is 3.96. The number of cyclic esters (lactones) is 1. The van der Waals surface area contributed by atoms with Crippen LogP contribution in [0.25, 0.3) is 0 Å². The van der Waals surface area contributed by atoms with Gasteiger partial charge in [0.25, 0.3) is 5.56 Å². The van der Waals surface area contributed by atoms with Gasteiger partial charge in [-0.15, -0.1) is 0 Å². The third kappa shape index (κ3) is 3.05. The molecule has 2 heterocycles. The number of aliphatic hydroxyl groups is 1. The van der Waals surface area contributed by atoms with Crippen molar-refractivity contribution in [3.8, 4) is 5.75 Å². The highest BCUT2D eigenvalue weighted by molar-refractivity contribution is 5.94. The van der Waals surface area contributed by atoms with Gasteiger partial charge in [0, 0.05) is 11.8 Å². The number of benzene rings is 1. The van der Waals surface area contributed by atoms with E-state index >= 15 is 0 Å². The molecule has 0 bridgehead atoms. The maximum atomic E-state index is 12.5. The molecule has 0 fully saturated rings. The van der Waals surface area contributed by atoms with E-state index in [-0.39, 0.29) is 18.7 Å². The molecule has 1 N–H and O–H groups in total. The second-order valence-electron chi connectivity index (χ2n) is 6.24. The van der Waals surface area contributed by atoms with Gasteiger partial charge in [0.2, 0.25) is 0 Å². The summed E-state index contributed by atoms with van der Waals surface area (Å²) < 4.78 is 12.0. The lowest BCUT2D eigenvalue weighted by molar-refractivity contribution is 0.00948. The second-order valence-corrected chi connectivity index (χ2v) is 6.24. The van der Waals surface area contributed by atoms with Crippen molar-refractivity contribution < 1.29 is 19.4 Å². The molecule has 1 unspecified atom stereocenters. The van der Waals surface area contributed by atoms with Crippen LogP contribution in [0.5, 0.6) is 5.75 Å². The summed E-state index contributed by atoms with van der Waals surface area (Å²) in [4.78, 5) is 24.4. The highest BCUT2D eigenvalue weighted by atomic mass is 16.6. The van der Waals surface area contributed by atoms with E-state index in [1.807, 2.05) is 18.2 Å². The standard InChI is InChI=1S/C18H19NO5/c1-18(2)14-8-9-19(16(21)15(14)17(22)24-18)10-12(20)11-23-13-6-4-3-5-7-13/h3-9,12,20H,10-11H2,1-2H3. The summed E-state index contributed by atoms with van der Waals surface area (Å²) in [6.45, 7) is 3.56. The molecule has 0 aliphatic carbocycles. The number of pyridine rings is 1. The van der Waals surface area contributed by atoms with Gasteiger partial charge in [0.15, 0.2) is 0 Å². The van der Waals surface area contributed by atoms with Crippen LogP contribution >= 0.6 is 0 Å². The zero-order chi connectivity index (χ0) is 17.3. The molecule has 1 aliphatic rings. The lowest BCUT2D eigenvalue weighted by Crippen LogP contribution is -2.32. The second kappa shape index (κ2) is 6.13. The van der Waals surface area contributed by atoms with Gasteiger partial charge in [-0.2, -0.15) is 0 Å². The van der Waals surface area contributed by atoms with E-state index in [9.17, 15) is 14.7 Å². The number of aliphatic hydroxyl groups excluding tert-OH is 1. The first-order valence-corrected chi connectivity index (χ1v) is 7.71. The summed E-state index contributed by atoms with van der Waals surface area (Å²) in [5.74, 6) is 0.0209. The van der Waals surface area contributed by atoms with Crippen LogP contribution in [0.2, 0.25) is 0 Å². The molecule has 0 spiro atoms. The van der Waals surface area contributed by atoms with Crippen LogP contribution in [0.4, 0.5) is 0 Å². The highest BCUT2D eigenvalue weighted by Gasteiger charge is 2.40. The molecule has 0 saturated heterocycles. The van der Waals surface area contributed by atoms with Gasteiger partial charge < -0.3 is 19.1 Å². The molecule has 1 aliphatic heterocycles. The minimum Gasteiger partial charge on any atom is -0.491 e. The molecule has 3 rings (SSSR count). The van der Waals surface area contributed by atoms with E-state index in [4.69, 9.17) is 9.47 Å². The maximum absolute atomic E-state index is 12.5. The molecular weight excluding hydrogens is 310 g/mol. The Kier molecular flexibility index (Phi) is 4.15. The number of carbonyl (C=O) groups is 1. The first-order chi connectivity index (χ1) is 11.4. The smallest absolute Gasteiger partial charge is 0.345 e. The van der Waals surface area contributed by atoms with E-state index in [1.54, 1.807) is 38.2 Å². The number of esters is 1. The fourth-order valence-electron chi connectivity index (χ4n) is 2.74. The molecule has 2 aromatic rings. The molecule has 0 radical (unpaired) electrons. The monoisotopic (exact) mass is 329 g/mol. The number of carbonyl (C=O) groups excluding carboxylic acids is 1. The number of hydrogen-bond donors (Lipinski definition) is 1. The van der Waals surface area contributed by atoms with Crippen LogP contribution < -0.4 is 10.3 Å². The summed E-state index contributed by atoms with van der Waals surface area (Å²) in [6, 6.07) is 10.8. The van der Waals surface area contributed by atoms with Gasteiger partial charge in [-0.3, -0.25) is 4.79 Å². The molecule has 1 aromatic heterocycles. The van der Waals surface area contributed by atoms with E-state index in [0.29, 0.717) is 11.3 Å². The van der Waals surface area contributed by atoms with Crippen LogP contribution in [0.15, 0.2) is 47.4 Å². The number of aromatic nitrogens is 1. The Bertz CT molecular complexity index is 810. The first-order valence-electron chi connectivity index (χ1n) is 7.71. The third-order valence-electron chi connectivity index (χ3n) is 3.96. The summed E-state index contributed by atoms with van der Waals surface area (Å²) in [5, 5.41) is 10.1. The predicted molar refractivity (Wildman–Crippen MR) is 87.1 cm³/mol. The molecule has 126 valence electrons. The van der Waals surface area contributed by atoms with Gasteiger partial charge >= 0.3 is 5.97 Å². The SMILES string of the molecule is CC1(C)OC(=O)c2c1ccn(CC(O)COc1ccccc1)c2=O. The molecular formula is C18H19NO5. The van der Waals surface area contributed by atoms with Crippen molar-refractivity contribution in [3.63, 3.8) is 0 Å². The van der Waals surface area contributed by atoms with Crippen LogP contribution in [-0.2, 0) is 16.9 Å². The van der Waals surface area contributed by atoms with Gasteiger partial charge in [0.1, 0.15) is 29.6 Å². The molecule has 6 nitrogen and oxygen atoms in total. The fraction of sp³-hybridized carbons (Fsp3) is 0.333. The summed E-state index contributed by atoms with van der Waals surface area (Å²) in [5.41, 5.74) is -0.649. The van der Waals surface area contributed by atoms with Crippen LogP contribution in [0.3, 0.4) is 0 Å². The van der Waals surface area contributed by atoms with Crippen molar-refractivity contribution in [1.29, 1.82) is 0 Å². The molecule has 0 amide bonds. The Morgan fingerprint density at radius 3 is 2.62 bits per heavy atom. The summed E-state index contributed by atoms with van der Waals surface area (Å²) >= 11 is 0. The first kappa shape index (κ1) is 16.3. The minimum atomic E-state index is -0.883. The number of fused-ring (bicyclic) bond motifs is 1. The summed E-state index contributed by atoms with van der Waals surface area (Å²) in [6.07, 6.45) is 0.683. The molecule has 0 saturated carbocycles. The molecule has 1 aromatic carbocycles. The van der Waals surface area contributed by atoms with Crippen LogP contribution in [0, 0.1) is 0 Å². The average molecular weight is 329 g/mol. The van der Waals surface area contributed by atoms with Crippen molar-refractivity contribution in [3.05, 3.63) is 64.1 Å². The average Bonchev–Trinajstić information content (AvgIpc) is 2.78. The zero-order valence-electron chi connectivity index (χ0n) is 13.6. The number of rotatable bonds is 5. The number of nitrogens with zero attached hydrogens (tertiary/aromatic N) is 1. The van der Waals surface area contributed by atoms with E-state index in [1.165, 1.54) is 4.57 Å².